The number of carbonyl (C=O) groups is 2. The smallest absolute Gasteiger partial charge is 0.265 e. The predicted octanol–water partition coefficient (Wildman–Crippen LogP) is 3.95. The van der Waals surface area contributed by atoms with Gasteiger partial charge in [0.25, 0.3) is 5.91 Å². The van der Waals surface area contributed by atoms with Crippen molar-refractivity contribution < 1.29 is 14.3 Å². The molecular weight excluding hydrogens is 460 g/mol. The van der Waals surface area contributed by atoms with E-state index < -0.39 is 0 Å². The fourth-order valence-electron chi connectivity index (χ4n) is 4.83. The normalized spacial score (nSPS) is 18.5. The van der Waals surface area contributed by atoms with E-state index in [0.29, 0.717) is 24.6 Å². The topological polar surface area (TPSA) is 87.9 Å². The summed E-state index contributed by atoms with van der Waals surface area (Å²) in [6, 6.07) is 19.8. The predicted molar refractivity (Wildman–Crippen MR) is 140 cm³/mol. The highest BCUT2D eigenvalue weighted by molar-refractivity contribution is 7.18. The number of rotatable bonds is 7. The van der Waals surface area contributed by atoms with E-state index >= 15 is 0 Å². The van der Waals surface area contributed by atoms with E-state index in [0.717, 1.165) is 59.9 Å². The van der Waals surface area contributed by atoms with Crippen LogP contribution in [0.5, 0.6) is 0 Å². The van der Waals surface area contributed by atoms with Crippen molar-refractivity contribution in [3.8, 4) is 11.1 Å². The molecule has 0 bridgehead atoms. The van der Waals surface area contributed by atoms with Crippen molar-refractivity contribution in [1.29, 1.82) is 0 Å². The Morgan fingerprint density at radius 1 is 1.03 bits per heavy atom. The number of nitrogens with one attached hydrogen (secondary N) is 1. The van der Waals surface area contributed by atoms with Gasteiger partial charge in [-0.2, -0.15) is 0 Å². The lowest BCUT2D eigenvalue weighted by atomic mass is 10.1. The molecule has 182 valence electrons. The van der Waals surface area contributed by atoms with Gasteiger partial charge in [0, 0.05) is 30.9 Å². The number of benzene rings is 2. The van der Waals surface area contributed by atoms with Crippen LogP contribution in [0, 0.1) is 0 Å². The number of thiophene rings is 1. The summed E-state index contributed by atoms with van der Waals surface area (Å²) in [5, 5.41) is 4.17. The van der Waals surface area contributed by atoms with Gasteiger partial charge in [-0.05, 0) is 48.7 Å². The SMILES string of the molecule is NC(=O)C1CCCN1Cc1cccc(NC(=O)c2cc(-c3ccccc3)c(N3CCOCC3)s2)c1. The fourth-order valence-corrected chi connectivity index (χ4v) is 5.96. The Morgan fingerprint density at radius 3 is 2.60 bits per heavy atom. The highest BCUT2D eigenvalue weighted by Gasteiger charge is 2.29. The van der Waals surface area contributed by atoms with Gasteiger partial charge in [-0.15, -0.1) is 11.3 Å². The van der Waals surface area contributed by atoms with E-state index in [-0.39, 0.29) is 17.9 Å². The Labute approximate surface area is 209 Å². The molecule has 0 saturated carbocycles. The van der Waals surface area contributed by atoms with E-state index in [1.807, 2.05) is 48.5 Å². The Kier molecular flexibility index (Phi) is 7.13. The number of nitrogens with zero attached hydrogens (tertiary/aromatic N) is 2. The molecule has 5 rings (SSSR count). The highest BCUT2D eigenvalue weighted by atomic mass is 32.1. The number of likely N-dealkylation sites (tertiary alicyclic amines) is 1. The Balaban J connectivity index is 1.35. The molecule has 8 heteroatoms. The molecule has 35 heavy (non-hydrogen) atoms. The number of ether oxygens (including phenoxy) is 1. The standard InChI is InChI=1S/C27H30N4O3S/c28-25(32)23-10-5-11-31(23)18-19-6-4-9-21(16-19)29-26(33)24-17-22(20-7-2-1-3-8-20)27(35-24)30-12-14-34-15-13-30/h1-4,6-9,16-17,23H,5,10-15,18H2,(H2,28,32)(H,29,33). The summed E-state index contributed by atoms with van der Waals surface area (Å²) >= 11 is 1.52. The molecule has 7 nitrogen and oxygen atoms in total. The molecule has 0 radical (unpaired) electrons. The van der Waals surface area contributed by atoms with Crippen LogP contribution in [0.25, 0.3) is 11.1 Å². The number of hydrogen-bond acceptors (Lipinski definition) is 6. The molecular formula is C27H30N4O3S. The number of anilines is 2. The summed E-state index contributed by atoms with van der Waals surface area (Å²) in [5.74, 6) is -0.394. The summed E-state index contributed by atoms with van der Waals surface area (Å²) in [5.41, 5.74) is 9.52. The van der Waals surface area contributed by atoms with Gasteiger partial charge in [0.2, 0.25) is 5.91 Å². The second-order valence-electron chi connectivity index (χ2n) is 8.98. The van der Waals surface area contributed by atoms with Crippen molar-refractivity contribution >= 4 is 33.8 Å². The minimum Gasteiger partial charge on any atom is -0.378 e. The van der Waals surface area contributed by atoms with Crippen LogP contribution >= 0.6 is 11.3 Å². The van der Waals surface area contributed by atoms with Crippen LogP contribution in [0.15, 0.2) is 60.7 Å². The van der Waals surface area contributed by atoms with Crippen molar-refractivity contribution in [2.24, 2.45) is 5.73 Å². The van der Waals surface area contributed by atoms with Gasteiger partial charge in [0.15, 0.2) is 0 Å². The average molecular weight is 491 g/mol. The molecule has 1 aromatic heterocycles. The summed E-state index contributed by atoms with van der Waals surface area (Å²) in [6.07, 6.45) is 1.77. The largest absolute Gasteiger partial charge is 0.378 e. The summed E-state index contributed by atoms with van der Waals surface area (Å²) in [4.78, 5) is 30.1. The zero-order valence-electron chi connectivity index (χ0n) is 19.6. The summed E-state index contributed by atoms with van der Waals surface area (Å²) in [6.45, 7) is 4.49. The van der Waals surface area contributed by atoms with Gasteiger partial charge in [-0.3, -0.25) is 14.5 Å². The van der Waals surface area contributed by atoms with E-state index in [2.05, 4.69) is 27.2 Å². The molecule has 1 atom stereocenters. The van der Waals surface area contributed by atoms with E-state index in [9.17, 15) is 9.59 Å². The van der Waals surface area contributed by atoms with Crippen molar-refractivity contribution in [2.75, 3.05) is 43.1 Å². The number of nitrogens with two attached hydrogens (primary N) is 1. The second kappa shape index (κ2) is 10.6. The molecule has 1 unspecified atom stereocenters. The van der Waals surface area contributed by atoms with Gasteiger partial charge in [-0.25, -0.2) is 0 Å². The van der Waals surface area contributed by atoms with Crippen molar-refractivity contribution in [3.05, 3.63) is 71.1 Å². The maximum Gasteiger partial charge on any atom is 0.265 e. The lowest BCUT2D eigenvalue weighted by molar-refractivity contribution is -0.122. The molecule has 2 saturated heterocycles. The van der Waals surface area contributed by atoms with E-state index in [4.69, 9.17) is 10.5 Å². The maximum atomic E-state index is 13.3. The van der Waals surface area contributed by atoms with Gasteiger partial charge < -0.3 is 20.7 Å². The molecule has 3 aromatic rings. The molecule has 0 aliphatic carbocycles. The lowest BCUT2D eigenvalue weighted by Crippen LogP contribution is -2.39. The third-order valence-corrected chi connectivity index (χ3v) is 7.78. The van der Waals surface area contributed by atoms with E-state index in [1.54, 1.807) is 0 Å². The number of morpholine rings is 1. The lowest BCUT2D eigenvalue weighted by Gasteiger charge is -2.28. The molecule has 2 aliphatic rings. The van der Waals surface area contributed by atoms with Crippen molar-refractivity contribution in [3.63, 3.8) is 0 Å². The number of hydrogen-bond donors (Lipinski definition) is 2. The van der Waals surface area contributed by atoms with Crippen LogP contribution in [0.4, 0.5) is 10.7 Å². The first kappa shape index (κ1) is 23.5. The van der Waals surface area contributed by atoms with Crippen LogP contribution < -0.4 is 16.0 Å². The summed E-state index contributed by atoms with van der Waals surface area (Å²) in [7, 11) is 0. The van der Waals surface area contributed by atoms with Gasteiger partial charge in [-0.1, -0.05) is 42.5 Å². The quantitative estimate of drug-likeness (QED) is 0.524. The zero-order chi connectivity index (χ0) is 24.2. The van der Waals surface area contributed by atoms with E-state index in [1.165, 1.54) is 11.3 Å². The average Bonchev–Trinajstić information content (AvgIpc) is 3.53. The molecule has 2 fully saturated rings. The minimum atomic E-state index is -0.269. The molecule has 2 aliphatic heterocycles. The molecule has 0 spiro atoms. The van der Waals surface area contributed by atoms with Crippen molar-refractivity contribution in [2.45, 2.75) is 25.4 Å². The minimum absolute atomic E-state index is 0.125. The fraction of sp³-hybridized carbons (Fsp3) is 0.333. The maximum absolute atomic E-state index is 13.3. The van der Waals surface area contributed by atoms with Crippen LogP contribution in [0.3, 0.4) is 0 Å². The molecule has 3 N–H and O–H groups in total. The second-order valence-corrected chi connectivity index (χ2v) is 10.0. The van der Waals surface area contributed by atoms with Crippen molar-refractivity contribution in [1.82, 2.24) is 4.90 Å². The third-order valence-electron chi connectivity index (χ3n) is 6.58. The van der Waals surface area contributed by atoms with Crippen LogP contribution in [0.1, 0.15) is 28.1 Å². The number of primary amides is 1. The van der Waals surface area contributed by atoms with Gasteiger partial charge in [0.05, 0.1) is 29.1 Å². The Bertz CT molecular complexity index is 1190. The first-order chi connectivity index (χ1) is 17.1. The Morgan fingerprint density at radius 2 is 1.83 bits per heavy atom. The molecule has 2 amide bonds. The third kappa shape index (κ3) is 5.40. The summed E-state index contributed by atoms with van der Waals surface area (Å²) < 4.78 is 5.53. The van der Waals surface area contributed by atoms with Crippen LogP contribution in [0.2, 0.25) is 0 Å². The number of amides is 2. The monoisotopic (exact) mass is 490 g/mol. The van der Waals surface area contributed by atoms with Crippen LogP contribution in [-0.2, 0) is 16.1 Å². The van der Waals surface area contributed by atoms with Gasteiger partial charge >= 0.3 is 0 Å². The van der Waals surface area contributed by atoms with Crippen LogP contribution in [-0.4, -0.2) is 55.6 Å². The Hall–Kier alpha value is -3.20. The first-order valence-electron chi connectivity index (χ1n) is 12.0. The zero-order valence-corrected chi connectivity index (χ0v) is 20.4. The molecule has 2 aromatic carbocycles. The van der Waals surface area contributed by atoms with Gasteiger partial charge in [0.1, 0.15) is 0 Å². The number of carbonyl (C=O) groups excluding carboxylic acids is 2. The molecule has 3 heterocycles. The highest BCUT2D eigenvalue weighted by Crippen LogP contribution is 2.39. The first-order valence-corrected chi connectivity index (χ1v) is 12.9.